The molecule has 31 heavy (non-hydrogen) atoms. The second-order valence-corrected chi connectivity index (χ2v) is 5.27. The van der Waals surface area contributed by atoms with Crippen LogP contribution in [-0.2, 0) is 11.4 Å². The fourth-order valence-corrected chi connectivity index (χ4v) is 1.47. The minimum Gasteiger partial charge on any atom is -0.750 e. The average Bonchev–Trinajstić information content (AvgIpc) is 2.49. The third-order valence-corrected chi connectivity index (χ3v) is 2.92. The zero-order valence-electron chi connectivity index (χ0n) is 13.1. The van der Waals surface area contributed by atoms with Crippen LogP contribution in [0.2, 0.25) is 0 Å². The molecule has 0 amide bonds. The quantitative estimate of drug-likeness (QED) is 0.373. The van der Waals surface area contributed by atoms with E-state index in [-0.39, 0.29) is 0 Å². The normalized spacial score (nSPS) is 20.4. The van der Waals surface area contributed by atoms with Gasteiger partial charge in [0.15, 0.2) is 0 Å². The lowest BCUT2D eigenvalue weighted by Gasteiger charge is -2.46. The van der Waals surface area contributed by atoms with E-state index in [0.29, 0.717) is 0 Å². The highest BCUT2D eigenvalue weighted by Crippen LogP contribution is 2.63. The molecule has 22 heteroatoms. The zero-order valence-corrected chi connectivity index (χ0v) is 13.9. The van der Waals surface area contributed by atoms with Crippen molar-refractivity contribution in [1.29, 1.82) is 0 Å². The molecule has 0 aromatic rings. The van der Waals surface area contributed by atoms with Crippen LogP contribution in [0.5, 0.6) is 0 Å². The molecule has 0 heterocycles. The molecular weight excluding hydrogens is 524 g/mol. The average molecular weight is 527 g/mol. The van der Waals surface area contributed by atoms with Crippen molar-refractivity contribution in [2.45, 2.75) is 41.6 Å². The summed E-state index contributed by atoms with van der Waals surface area (Å²) in [5, 5.41) is 16.3. The highest BCUT2D eigenvalue weighted by Gasteiger charge is 2.95. The first-order valence-corrected chi connectivity index (χ1v) is 7.02. The molecule has 0 saturated carbocycles. The van der Waals surface area contributed by atoms with Crippen LogP contribution >= 0.6 is 0 Å². The maximum absolute atomic E-state index is 13.7. The molecule has 0 aliphatic heterocycles. The van der Waals surface area contributed by atoms with Crippen LogP contribution in [0.15, 0.2) is 11.9 Å². The maximum Gasteiger partial charge on any atom is 0.459 e. The monoisotopic (exact) mass is 527 g/mol. The predicted molar refractivity (Wildman–Crippen MR) is 59.9 cm³/mol. The van der Waals surface area contributed by atoms with Crippen LogP contribution in [0, 0.1) is 0 Å². The largest absolute Gasteiger partial charge is 0.750 e. The Kier molecular flexibility index (Phi) is 9.09. The SMILES string of the molecule is O=S([O-])O.OC(F)(C(F)=C(F)F)C(F)(F)C(F)(C(F)(F)F)C(O)(F)C(F)(F)C(F)(F)F. The fourth-order valence-electron chi connectivity index (χ4n) is 1.47. The van der Waals surface area contributed by atoms with Crippen molar-refractivity contribution in [2.75, 3.05) is 0 Å². The summed E-state index contributed by atoms with van der Waals surface area (Å²) in [7, 11) is 0. The molecule has 188 valence electrons. The molecule has 0 saturated heterocycles. The third kappa shape index (κ3) is 5.17. The van der Waals surface area contributed by atoms with Crippen molar-refractivity contribution in [3.05, 3.63) is 11.9 Å². The van der Waals surface area contributed by atoms with Gasteiger partial charge in [-0.25, -0.2) is 13.0 Å². The van der Waals surface area contributed by atoms with Gasteiger partial charge in [-0.15, -0.1) is 0 Å². The molecule has 0 bridgehead atoms. The van der Waals surface area contributed by atoms with Crippen LogP contribution in [-0.4, -0.2) is 65.1 Å². The lowest BCUT2D eigenvalue weighted by atomic mass is 9.80. The van der Waals surface area contributed by atoms with Gasteiger partial charge in [0.25, 0.3) is 0 Å². The molecule has 0 aromatic heterocycles. The summed E-state index contributed by atoms with van der Waals surface area (Å²) in [5.74, 6) is -36.6. The van der Waals surface area contributed by atoms with Gasteiger partial charge in [0.05, 0.1) is 11.4 Å². The van der Waals surface area contributed by atoms with Crippen molar-refractivity contribution in [3.63, 3.8) is 0 Å². The minimum atomic E-state index is -8.53. The lowest BCUT2D eigenvalue weighted by molar-refractivity contribution is -0.476. The van der Waals surface area contributed by atoms with Gasteiger partial charge in [-0.2, -0.15) is 61.5 Å². The van der Waals surface area contributed by atoms with Gasteiger partial charge in [0.2, 0.25) is 5.83 Å². The predicted octanol–water partition coefficient (Wildman–Crippen LogP) is 3.82. The van der Waals surface area contributed by atoms with Crippen molar-refractivity contribution in [3.8, 4) is 0 Å². The van der Waals surface area contributed by atoms with Crippen molar-refractivity contribution in [1.82, 2.24) is 0 Å². The van der Waals surface area contributed by atoms with E-state index >= 15 is 0 Å². The van der Waals surface area contributed by atoms with Crippen molar-refractivity contribution >= 4 is 11.4 Å². The van der Waals surface area contributed by atoms with E-state index in [2.05, 4.69) is 0 Å². The number of hydrogen-bond donors (Lipinski definition) is 3. The van der Waals surface area contributed by atoms with Crippen molar-refractivity contribution in [2.24, 2.45) is 0 Å². The van der Waals surface area contributed by atoms with Crippen LogP contribution in [0.1, 0.15) is 0 Å². The van der Waals surface area contributed by atoms with Gasteiger partial charge >= 0.3 is 47.7 Å². The number of rotatable bonds is 5. The van der Waals surface area contributed by atoms with Gasteiger partial charge in [0, 0.05) is 0 Å². The highest BCUT2D eigenvalue weighted by atomic mass is 32.2. The zero-order chi connectivity index (χ0) is 26.2. The molecule has 0 spiro atoms. The van der Waals surface area contributed by atoms with Gasteiger partial charge in [0.1, 0.15) is 0 Å². The first kappa shape index (κ1) is 31.8. The molecule has 0 aromatic carbocycles. The highest BCUT2D eigenvalue weighted by molar-refractivity contribution is 7.73. The molecule has 0 fully saturated rings. The summed E-state index contributed by atoms with van der Waals surface area (Å²) in [4.78, 5) is 0. The molecule has 3 N–H and O–H groups in total. The Morgan fingerprint density at radius 1 is 0.677 bits per heavy atom. The summed E-state index contributed by atoms with van der Waals surface area (Å²) in [6.07, 6.45) is -20.4. The lowest BCUT2D eigenvalue weighted by Crippen LogP contribution is -2.79. The van der Waals surface area contributed by atoms with Gasteiger partial charge < -0.3 is 19.3 Å². The van der Waals surface area contributed by atoms with Crippen LogP contribution in [0.3, 0.4) is 0 Å². The smallest absolute Gasteiger partial charge is 0.459 e. The number of alkyl halides is 13. The fraction of sp³-hybridized carbons (Fsp3) is 0.778. The summed E-state index contributed by atoms with van der Waals surface area (Å²) in [6.45, 7) is 0. The molecule has 0 radical (unpaired) electrons. The molecular formula is C9H3F16O5S-. The Bertz CT molecular complexity index is 689. The van der Waals surface area contributed by atoms with E-state index in [1.165, 1.54) is 0 Å². The van der Waals surface area contributed by atoms with Gasteiger partial charge in [-0.05, 0) is 0 Å². The minimum absolute atomic E-state index is 2.86. The summed E-state index contributed by atoms with van der Waals surface area (Å²) < 4.78 is 225. The summed E-state index contributed by atoms with van der Waals surface area (Å²) >= 11 is -2.86. The van der Waals surface area contributed by atoms with E-state index in [1.807, 2.05) is 0 Å². The second-order valence-electron chi connectivity index (χ2n) is 4.84. The van der Waals surface area contributed by atoms with Gasteiger partial charge in [-0.3, -0.25) is 0 Å². The van der Waals surface area contributed by atoms with E-state index in [1.54, 1.807) is 0 Å². The van der Waals surface area contributed by atoms with E-state index < -0.39 is 64.8 Å². The van der Waals surface area contributed by atoms with E-state index in [0.717, 1.165) is 0 Å². The van der Waals surface area contributed by atoms with Crippen LogP contribution in [0.4, 0.5) is 70.2 Å². The molecule has 5 nitrogen and oxygen atoms in total. The molecule has 4 atom stereocenters. The molecule has 0 aliphatic carbocycles. The first-order chi connectivity index (χ1) is 13.1. The second kappa shape index (κ2) is 8.86. The van der Waals surface area contributed by atoms with Crippen LogP contribution in [0.25, 0.3) is 0 Å². The van der Waals surface area contributed by atoms with E-state index in [4.69, 9.17) is 23.5 Å². The molecule has 4 unspecified atom stereocenters. The van der Waals surface area contributed by atoms with Crippen LogP contribution < -0.4 is 0 Å². The first-order valence-electron chi connectivity index (χ1n) is 5.99. The Balaban J connectivity index is 0. The number of halogens is 16. The molecule has 0 rings (SSSR count). The summed E-state index contributed by atoms with van der Waals surface area (Å²) in [5.41, 5.74) is -8.53. The summed E-state index contributed by atoms with van der Waals surface area (Å²) in [6, 6.07) is 0. The van der Waals surface area contributed by atoms with Gasteiger partial charge in [-0.1, -0.05) is 0 Å². The van der Waals surface area contributed by atoms with E-state index in [9.17, 15) is 70.2 Å². The topological polar surface area (TPSA) is 101 Å². The number of aliphatic hydroxyl groups is 2. The Labute approximate surface area is 160 Å². The standard InChI is InChI=1S/C9H2F16O2.H2O3S/c10-1(2(11)12)3(13,26)5(15,16)4(14,8(20,21)22)7(19,27)6(17,18)9(23,24)25;1-4(2)3/h26-27H;(H2,1,2,3)/p-1. The third-order valence-electron chi connectivity index (χ3n) is 2.92. The Hall–Kier alpha value is -1.39. The Morgan fingerprint density at radius 2 is 0.968 bits per heavy atom. The maximum atomic E-state index is 13.7. The number of hydrogen-bond acceptors (Lipinski definition) is 4. The molecule has 0 aliphatic rings. The van der Waals surface area contributed by atoms with Crippen molar-refractivity contribution < 1.29 is 93.8 Å². The Morgan fingerprint density at radius 3 is 1.16 bits per heavy atom.